The number of hydrogen-bond acceptors (Lipinski definition) is 5. The van der Waals surface area contributed by atoms with E-state index in [1.54, 1.807) is 0 Å². The third-order valence-electron chi connectivity index (χ3n) is 20.2. The summed E-state index contributed by atoms with van der Waals surface area (Å²) in [6, 6.07) is -1.00. The molecule has 0 aromatic rings. The van der Waals surface area contributed by atoms with Crippen molar-refractivity contribution in [2.75, 3.05) is 40.3 Å². The molecule has 2 aliphatic heterocycles. The molecule has 12 atom stereocenters. The van der Waals surface area contributed by atoms with Crippen molar-refractivity contribution in [1.29, 1.82) is 0 Å². The van der Waals surface area contributed by atoms with Crippen molar-refractivity contribution in [2.45, 2.75) is 162 Å². The number of carboxylic acids is 2. The van der Waals surface area contributed by atoms with Gasteiger partial charge in [-0.2, -0.15) is 0 Å². The van der Waals surface area contributed by atoms with E-state index in [9.17, 15) is 30.0 Å². The number of nitrogens with zero attached hydrogens (tertiary/aromatic N) is 2. The summed E-state index contributed by atoms with van der Waals surface area (Å²) in [5.41, 5.74) is 1.55. The van der Waals surface area contributed by atoms with Crippen molar-refractivity contribution in [3.05, 3.63) is 12.2 Å². The van der Waals surface area contributed by atoms with Crippen molar-refractivity contribution in [3.63, 3.8) is 0 Å². The van der Waals surface area contributed by atoms with E-state index in [4.69, 9.17) is 0 Å². The Hall–Kier alpha value is -0.900. The van der Waals surface area contributed by atoms with Gasteiger partial charge in [-0.15, -0.1) is 12.4 Å². The highest BCUT2D eigenvalue weighted by molar-refractivity contribution is 5.85. The van der Waals surface area contributed by atoms with Gasteiger partial charge < -0.3 is 46.6 Å². The number of allylic oxidation sites excluding steroid dienone is 1. The lowest BCUT2D eigenvalue weighted by molar-refractivity contribution is -0.935. The fourth-order valence-electron chi connectivity index (χ4n) is 16.9. The first-order chi connectivity index (χ1) is 25.1. The maximum absolute atomic E-state index is 13.3. The van der Waals surface area contributed by atoms with Gasteiger partial charge in [-0.05, 0) is 128 Å². The summed E-state index contributed by atoms with van der Waals surface area (Å²) >= 11 is 0. The Morgan fingerprint density at radius 3 is 1.86 bits per heavy atom. The SMILES string of the molecule is C=C(C)[C@@H]1CC[C@]2(CC(C(=O)[O-])[N+]3(C)CCC(O)CC3)CC[C@]3(C)[C@H](CC[C@@H]4[C@@]5(C)CCC(C(C(=O)O)[N+]6(C)CCC(O)CC6)C(C)(C)[C@@H]5CC[C@]43C)[C@@H]12.Cl.[Cl-]. The number of piperidine rings is 2. The van der Waals surface area contributed by atoms with Gasteiger partial charge in [0.1, 0.15) is 6.04 Å². The molecule has 7 fully saturated rings. The second-order valence-electron chi connectivity index (χ2n) is 22.7. The van der Waals surface area contributed by atoms with E-state index in [2.05, 4.69) is 62.2 Å². The molecule has 7 aliphatic rings. The van der Waals surface area contributed by atoms with Crippen LogP contribution in [0.1, 0.15) is 138 Å². The van der Waals surface area contributed by atoms with Gasteiger partial charge in [0.05, 0.1) is 58.5 Å². The number of halogens is 2. The number of quaternary nitrogens is 2. The van der Waals surface area contributed by atoms with Crippen LogP contribution < -0.4 is 17.5 Å². The summed E-state index contributed by atoms with van der Waals surface area (Å²) < 4.78 is 1.02. The van der Waals surface area contributed by atoms with Crippen LogP contribution in [0.5, 0.6) is 0 Å². The smallest absolute Gasteiger partial charge is 0.362 e. The number of carboxylic acid groups (broad SMARTS) is 2. The normalized spacial score (nSPS) is 49.2. The molecule has 5 saturated carbocycles. The Labute approximate surface area is 351 Å². The maximum Gasteiger partial charge on any atom is 0.362 e. The largest absolute Gasteiger partial charge is 1.00 e. The standard InChI is InChI=1S/C46H76N2O6.2ClH/c1-29(2)32-12-21-46(28-35(40(51)52)47(8)24-15-30(49)16-25-47)23-22-44(6)33(38(32)46)10-11-37-43(5)19-13-34(42(3,4)36(43)14-20-45(37,44)7)39(41(53)54)48(9)26-17-31(50)18-27-48;;/h30-39,49-50H,1,10-28H2,2-9H3;2*1H/t30?,31?,32-,33+,34?,35?,36-,37+,38+,39?,43-,44+,45+,46+,47?,48?;;/m0../s1. The first-order valence-electron chi connectivity index (χ1n) is 22.2. The molecule has 56 heavy (non-hydrogen) atoms. The first kappa shape index (κ1) is 46.2. The molecule has 8 nitrogen and oxygen atoms in total. The highest BCUT2D eigenvalue weighted by Crippen LogP contribution is 2.78. The molecule has 0 aromatic heterocycles. The van der Waals surface area contributed by atoms with E-state index in [0.29, 0.717) is 83.7 Å². The lowest BCUT2D eigenvalue weighted by Gasteiger charge is -2.73. The van der Waals surface area contributed by atoms with E-state index >= 15 is 0 Å². The Morgan fingerprint density at radius 1 is 0.750 bits per heavy atom. The van der Waals surface area contributed by atoms with Gasteiger partial charge in [0.25, 0.3) is 0 Å². The zero-order chi connectivity index (χ0) is 39.4. The molecule has 5 aliphatic carbocycles. The van der Waals surface area contributed by atoms with Gasteiger partial charge in [-0.1, -0.05) is 46.8 Å². The monoisotopic (exact) mass is 825 g/mol. The molecule has 2 saturated heterocycles. The van der Waals surface area contributed by atoms with Crippen molar-refractivity contribution >= 4 is 24.3 Å². The van der Waals surface area contributed by atoms with Crippen molar-refractivity contribution < 1.29 is 51.4 Å². The van der Waals surface area contributed by atoms with E-state index in [1.165, 1.54) is 24.8 Å². The van der Waals surface area contributed by atoms with E-state index in [-0.39, 0.29) is 70.0 Å². The van der Waals surface area contributed by atoms with E-state index in [0.717, 1.165) is 58.0 Å². The van der Waals surface area contributed by atoms with Gasteiger partial charge >= 0.3 is 5.97 Å². The molecule has 0 bridgehead atoms. The molecule has 0 amide bonds. The number of carbonyl (C=O) groups is 2. The van der Waals surface area contributed by atoms with Crippen LogP contribution in [0, 0.1) is 62.6 Å². The average Bonchev–Trinajstić information content (AvgIpc) is 3.48. The van der Waals surface area contributed by atoms with Crippen LogP contribution in [0.2, 0.25) is 0 Å². The number of aliphatic carboxylic acids is 2. The number of likely N-dealkylation sites (N-methyl/N-ethyl adjacent to an activating group) is 2. The zero-order valence-corrected chi connectivity index (χ0v) is 37.7. The summed E-state index contributed by atoms with van der Waals surface area (Å²) in [4.78, 5) is 26.4. The molecule has 3 N–H and O–H groups in total. The molecule has 0 radical (unpaired) electrons. The molecule has 0 spiro atoms. The molecular formula is C46H78Cl2N2O6. The summed E-state index contributed by atoms with van der Waals surface area (Å²) in [7, 11) is 4.25. The Bertz CT molecular complexity index is 1490. The van der Waals surface area contributed by atoms with Gasteiger partial charge in [0.15, 0.2) is 6.04 Å². The van der Waals surface area contributed by atoms with Crippen LogP contribution >= 0.6 is 12.4 Å². The predicted octanol–water partition coefficient (Wildman–Crippen LogP) is 3.85. The second-order valence-corrected chi connectivity index (χ2v) is 22.7. The number of aliphatic hydroxyl groups is 2. The summed E-state index contributed by atoms with van der Waals surface area (Å²) in [5, 5.41) is 44.7. The van der Waals surface area contributed by atoms with Crippen LogP contribution in [0.3, 0.4) is 0 Å². The van der Waals surface area contributed by atoms with Crippen molar-refractivity contribution in [2.24, 2.45) is 62.6 Å². The molecule has 7 rings (SSSR count). The molecule has 0 aromatic carbocycles. The Kier molecular flexibility index (Phi) is 12.8. The average molecular weight is 826 g/mol. The van der Waals surface area contributed by atoms with Crippen LogP contribution in [0.25, 0.3) is 0 Å². The minimum Gasteiger partial charge on any atom is -1.00 e. The minimum atomic E-state index is -0.909. The van der Waals surface area contributed by atoms with Crippen LogP contribution in [0.4, 0.5) is 0 Å². The topological polar surface area (TPSA) is 118 Å². The minimum absolute atomic E-state index is 0. The lowest BCUT2D eigenvalue weighted by Crippen LogP contribution is -3.00. The molecular weight excluding hydrogens is 747 g/mol. The second kappa shape index (κ2) is 15.5. The molecule has 322 valence electrons. The highest BCUT2D eigenvalue weighted by Gasteiger charge is 2.72. The zero-order valence-electron chi connectivity index (χ0n) is 36.2. The van der Waals surface area contributed by atoms with Gasteiger partial charge in [0.2, 0.25) is 0 Å². The number of fused-ring (bicyclic) bond motifs is 7. The molecule has 10 heteroatoms. The molecule has 3 unspecified atom stereocenters. The Morgan fingerprint density at radius 2 is 1.32 bits per heavy atom. The lowest BCUT2D eigenvalue weighted by atomic mass is 9.31. The number of carbonyl (C=O) groups excluding carboxylic acids is 1. The highest BCUT2D eigenvalue weighted by atomic mass is 35.5. The number of likely N-dealkylation sites (tertiary alicyclic amines) is 2. The van der Waals surface area contributed by atoms with Gasteiger partial charge in [-0.25, -0.2) is 4.79 Å². The predicted molar refractivity (Wildman–Crippen MR) is 217 cm³/mol. The van der Waals surface area contributed by atoms with E-state index < -0.39 is 24.0 Å². The Balaban J connectivity index is 0.00000300. The van der Waals surface area contributed by atoms with Crippen molar-refractivity contribution in [3.8, 4) is 0 Å². The molecule has 2 heterocycles. The maximum atomic E-state index is 13.3. The fourth-order valence-corrected chi connectivity index (χ4v) is 16.9. The summed E-state index contributed by atoms with van der Waals surface area (Å²) in [6.45, 7) is 22.4. The third-order valence-corrected chi connectivity index (χ3v) is 20.2. The van der Waals surface area contributed by atoms with Crippen LogP contribution in [-0.2, 0) is 9.59 Å². The number of aliphatic hydroxyl groups excluding tert-OH is 2. The summed E-state index contributed by atoms with van der Waals surface area (Å²) in [5.74, 6) is 0.922. The van der Waals surface area contributed by atoms with Crippen LogP contribution in [0.15, 0.2) is 12.2 Å². The van der Waals surface area contributed by atoms with Crippen LogP contribution in [-0.4, -0.2) is 101 Å². The number of hydrogen-bond donors (Lipinski definition) is 3. The number of rotatable bonds is 8. The first-order valence-corrected chi connectivity index (χ1v) is 22.2. The quantitative estimate of drug-likeness (QED) is 0.253. The van der Waals surface area contributed by atoms with Gasteiger partial charge in [0, 0.05) is 38.0 Å². The van der Waals surface area contributed by atoms with E-state index in [1.807, 2.05) is 0 Å². The van der Waals surface area contributed by atoms with Gasteiger partial charge in [-0.3, -0.25) is 0 Å². The fraction of sp³-hybridized carbons (Fsp3) is 0.913. The van der Waals surface area contributed by atoms with Crippen molar-refractivity contribution in [1.82, 2.24) is 0 Å². The third kappa shape index (κ3) is 6.85. The summed E-state index contributed by atoms with van der Waals surface area (Å²) in [6.07, 6.45) is 13.8.